The van der Waals surface area contributed by atoms with Crippen LogP contribution in [-0.4, -0.2) is 181 Å². The summed E-state index contributed by atoms with van der Waals surface area (Å²) in [5.74, 6) is -9.41. The molecule has 0 aromatic carbocycles. The Kier molecular flexibility index (Phi) is 9.44. The molecule has 5 fully saturated rings. The first-order chi connectivity index (χ1) is 21.0. The molecule has 17 atom stereocenters. The van der Waals surface area contributed by atoms with Crippen molar-refractivity contribution < 1.29 is 103 Å². The summed E-state index contributed by atoms with van der Waals surface area (Å²) < 4.78 is 48.9. The molecule has 0 radical (unpaired) electrons. The fourth-order valence-corrected chi connectivity index (χ4v) is 5.68. The van der Waals surface area contributed by atoms with Gasteiger partial charge in [-0.3, -0.25) is 0 Å². The van der Waals surface area contributed by atoms with E-state index in [-0.39, 0.29) is 0 Å². The highest BCUT2D eigenvalue weighted by atomic mass is 16.8. The molecule has 3 unspecified atom stereocenters. The second-order valence-corrected chi connectivity index (χ2v) is 11.3. The number of rotatable bonds is 8. The van der Waals surface area contributed by atoms with E-state index in [1.807, 2.05) is 0 Å². The summed E-state index contributed by atoms with van der Waals surface area (Å²) in [5.41, 5.74) is 0. The maximum atomic E-state index is 11.8. The molecule has 5 aliphatic rings. The lowest BCUT2D eigenvalue weighted by Crippen LogP contribution is -2.69. The Hall–Kier alpha value is -2.19. The predicted octanol–water partition coefficient (Wildman–Crippen LogP) is -5.75. The van der Waals surface area contributed by atoms with Crippen LogP contribution in [0.25, 0.3) is 0 Å². The Morgan fingerprint density at radius 3 is 1.91 bits per heavy atom. The van der Waals surface area contributed by atoms with Crippen LogP contribution in [0.3, 0.4) is 0 Å². The van der Waals surface area contributed by atoms with Crippen LogP contribution in [-0.2, 0) is 57.0 Å². The lowest BCUT2D eigenvalue weighted by molar-refractivity contribution is -0.404. The zero-order valence-electron chi connectivity index (χ0n) is 23.5. The molecule has 0 aromatic heterocycles. The van der Waals surface area contributed by atoms with E-state index in [0.717, 1.165) is 13.8 Å². The van der Waals surface area contributed by atoms with Gasteiger partial charge in [-0.15, -0.1) is 0 Å². The molecule has 9 N–H and O–H groups in total. The van der Waals surface area contributed by atoms with Gasteiger partial charge in [0, 0.05) is 13.8 Å². The molecular formula is C24H34O21. The molecule has 256 valence electrons. The Morgan fingerprint density at radius 2 is 1.31 bits per heavy atom. The summed E-state index contributed by atoms with van der Waals surface area (Å²) in [6.07, 6.45) is -26.3. The fourth-order valence-electron chi connectivity index (χ4n) is 5.68. The van der Waals surface area contributed by atoms with Crippen LogP contribution in [0.2, 0.25) is 0 Å². The molecule has 45 heavy (non-hydrogen) atoms. The first-order valence-electron chi connectivity index (χ1n) is 13.7. The Balaban J connectivity index is 1.35. The predicted molar refractivity (Wildman–Crippen MR) is 129 cm³/mol. The number of aliphatic carboxylic acids is 3. The second-order valence-electron chi connectivity index (χ2n) is 11.3. The van der Waals surface area contributed by atoms with Crippen LogP contribution in [0.1, 0.15) is 13.8 Å². The highest BCUT2D eigenvalue weighted by Gasteiger charge is 2.62. The van der Waals surface area contributed by atoms with Gasteiger partial charge >= 0.3 is 17.9 Å². The summed E-state index contributed by atoms with van der Waals surface area (Å²) in [6.45, 7) is 0.715. The SMILES string of the molecule is CC1(C(=O)O)O[C@H]2[C@H](O[C@H]3[C@H](O)[C@@H](O)[C@H](O[C@H]4[C@@H]5OC(C)(C(=O)O)OC[C@H]5OC(O)[C@H]4O)O[C@@H]3CO)O[C@H](C(=O)O)[C@@H](O)[C@@H]2O1. The normalized spacial score (nSPS) is 51.6. The van der Waals surface area contributed by atoms with Crippen LogP contribution in [0.4, 0.5) is 0 Å². The van der Waals surface area contributed by atoms with E-state index in [1.54, 1.807) is 0 Å². The van der Waals surface area contributed by atoms with Gasteiger partial charge in [-0.05, 0) is 0 Å². The molecule has 0 aliphatic carbocycles. The van der Waals surface area contributed by atoms with E-state index in [2.05, 4.69) is 0 Å². The Morgan fingerprint density at radius 1 is 0.711 bits per heavy atom. The van der Waals surface area contributed by atoms with E-state index in [0.29, 0.717) is 0 Å². The van der Waals surface area contributed by atoms with Crippen molar-refractivity contribution in [2.45, 2.75) is 118 Å². The summed E-state index contributed by atoms with van der Waals surface area (Å²) in [6, 6.07) is 0. The summed E-state index contributed by atoms with van der Waals surface area (Å²) >= 11 is 0. The monoisotopic (exact) mass is 658 g/mol. The van der Waals surface area contributed by atoms with Gasteiger partial charge in [-0.25, -0.2) is 14.4 Å². The number of aliphatic hydroxyl groups excluding tert-OH is 6. The van der Waals surface area contributed by atoms with E-state index in [1.165, 1.54) is 0 Å². The van der Waals surface area contributed by atoms with Gasteiger partial charge in [0.25, 0.3) is 11.6 Å². The second kappa shape index (κ2) is 12.4. The molecule has 5 aliphatic heterocycles. The maximum Gasteiger partial charge on any atom is 0.364 e. The van der Waals surface area contributed by atoms with Crippen LogP contribution in [0, 0.1) is 0 Å². The lowest BCUT2D eigenvalue weighted by Gasteiger charge is -2.50. The van der Waals surface area contributed by atoms with Gasteiger partial charge < -0.3 is 88.6 Å². The molecule has 21 nitrogen and oxygen atoms in total. The van der Waals surface area contributed by atoms with Crippen LogP contribution in [0.15, 0.2) is 0 Å². The van der Waals surface area contributed by atoms with E-state index in [9.17, 15) is 60.3 Å². The van der Waals surface area contributed by atoms with Crippen LogP contribution in [0.5, 0.6) is 0 Å². The molecule has 21 heteroatoms. The van der Waals surface area contributed by atoms with Gasteiger partial charge in [0.2, 0.25) is 0 Å². The molecule has 5 rings (SSSR count). The van der Waals surface area contributed by atoms with Crippen molar-refractivity contribution in [3.05, 3.63) is 0 Å². The molecule has 5 heterocycles. The van der Waals surface area contributed by atoms with E-state index in [4.69, 9.17) is 42.6 Å². The minimum atomic E-state index is -2.36. The molecule has 0 spiro atoms. The molecule has 0 aromatic rings. The van der Waals surface area contributed by atoms with Crippen molar-refractivity contribution in [2.75, 3.05) is 13.2 Å². The number of hydrogen-bond acceptors (Lipinski definition) is 18. The minimum Gasteiger partial charge on any atom is -0.479 e. The first-order valence-corrected chi connectivity index (χ1v) is 13.7. The third-order valence-electron chi connectivity index (χ3n) is 8.18. The highest BCUT2D eigenvalue weighted by molar-refractivity contribution is 5.76. The average Bonchev–Trinajstić information content (AvgIpc) is 3.36. The van der Waals surface area contributed by atoms with Crippen molar-refractivity contribution >= 4 is 17.9 Å². The number of carboxylic acids is 3. The molecular weight excluding hydrogens is 624 g/mol. The summed E-state index contributed by atoms with van der Waals surface area (Å²) in [4.78, 5) is 35.2. The first kappa shape index (κ1) is 34.2. The number of carbonyl (C=O) groups is 3. The van der Waals surface area contributed by atoms with Crippen molar-refractivity contribution in [1.82, 2.24) is 0 Å². The van der Waals surface area contributed by atoms with Gasteiger partial charge in [0.15, 0.2) is 25.0 Å². The van der Waals surface area contributed by atoms with Crippen LogP contribution < -0.4 is 0 Å². The van der Waals surface area contributed by atoms with Gasteiger partial charge in [0.05, 0.1) is 13.2 Å². The average molecular weight is 659 g/mol. The largest absolute Gasteiger partial charge is 0.479 e. The number of ether oxygens (including phenoxy) is 9. The Labute approximate surface area is 252 Å². The highest BCUT2D eigenvalue weighted by Crippen LogP contribution is 2.41. The minimum absolute atomic E-state index is 0.411. The summed E-state index contributed by atoms with van der Waals surface area (Å²) in [7, 11) is 0. The molecule has 5 saturated heterocycles. The molecule has 0 saturated carbocycles. The smallest absolute Gasteiger partial charge is 0.364 e. The van der Waals surface area contributed by atoms with Crippen LogP contribution >= 0.6 is 0 Å². The van der Waals surface area contributed by atoms with Gasteiger partial charge in [0.1, 0.15) is 67.1 Å². The zero-order valence-corrected chi connectivity index (χ0v) is 23.5. The van der Waals surface area contributed by atoms with Crippen molar-refractivity contribution in [3.63, 3.8) is 0 Å². The third kappa shape index (κ3) is 6.03. The van der Waals surface area contributed by atoms with E-state index >= 15 is 0 Å². The standard InChI is InChI=1S/C24H34O21/c1-23(21(33)34)37-4-6-12(43-23)13(10(29)18(32)38-6)41-19-8(27)7(26)11(5(3-25)39-19)40-20-16-14(9(28)15(42-20)17(30)31)44-24(2,45-16)22(35)36/h5-16,18-20,25-29,32H,3-4H2,1-2H3,(H,30,31)(H,33,34)(H,35,36)/t5-,6-,7-,8-,9+,10+,11-,12-,13-,14+,15+,16-,18?,19+,20-,23?,24?/m1/s1. The number of fused-ring (bicyclic) bond motifs is 2. The van der Waals surface area contributed by atoms with E-state index < -0.39 is 135 Å². The van der Waals surface area contributed by atoms with Crippen molar-refractivity contribution in [2.24, 2.45) is 0 Å². The number of carboxylic acid groups (broad SMARTS) is 3. The van der Waals surface area contributed by atoms with Crippen molar-refractivity contribution in [3.8, 4) is 0 Å². The van der Waals surface area contributed by atoms with Crippen molar-refractivity contribution in [1.29, 1.82) is 0 Å². The zero-order chi connectivity index (χ0) is 33.2. The third-order valence-corrected chi connectivity index (χ3v) is 8.18. The number of aliphatic hydroxyl groups is 6. The summed E-state index contributed by atoms with van der Waals surface area (Å²) in [5, 5.41) is 91.9. The maximum absolute atomic E-state index is 11.8. The van der Waals surface area contributed by atoms with Gasteiger partial charge in [-0.1, -0.05) is 0 Å². The topological polar surface area (TPSA) is 316 Å². The molecule has 0 bridgehead atoms. The molecule has 0 amide bonds. The lowest BCUT2D eigenvalue weighted by atomic mass is 9.95. The van der Waals surface area contributed by atoms with Gasteiger partial charge in [-0.2, -0.15) is 0 Å². The Bertz CT molecular complexity index is 1140. The quantitative estimate of drug-likeness (QED) is 0.117. The number of hydrogen-bond donors (Lipinski definition) is 9. The fraction of sp³-hybridized carbons (Fsp3) is 0.875.